The van der Waals surface area contributed by atoms with Gasteiger partial charge in [0, 0.05) is 12.6 Å². The average molecular weight is 386 g/mol. The molecule has 1 heterocycles. The molecule has 1 aromatic carbocycles. The molecular weight excluding hydrogens is 364 g/mol. The van der Waals surface area contributed by atoms with Crippen molar-refractivity contribution in [2.24, 2.45) is 0 Å². The van der Waals surface area contributed by atoms with E-state index in [1.807, 2.05) is 30.3 Å². The molecule has 0 aliphatic carbocycles. The zero-order valence-corrected chi connectivity index (χ0v) is 15.9. The standard InChI is InChI=1S/C20H22N2O4S/c1-2-25-19(24)12-13-22(15-17-9-6-14-26-17)20(27)21-18(23)11-10-16-7-4-3-5-8-16/h3-11,14H,2,12-13,15H2,1H3,(H,21,23,27)/b11-10+. The lowest BCUT2D eigenvalue weighted by Crippen LogP contribution is -2.42. The number of hydrogen-bond donors (Lipinski definition) is 1. The van der Waals surface area contributed by atoms with Crippen LogP contribution in [0, 0.1) is 0 Å². The van der Waals surface area contributed by atoms with Crippen LogP contribution in [0.5, 0.6) is 0 Å². The van der Waals surface area contributed by atoms with Gasteiger partial charge in [-0.3, -0.25) is 14.9 Å². The molecule has 142 valence electrons. The number of ether oxygens (including phenoxy) is 1. The minimum Gasteiger partial charge on any atom is -0.467 e. The van der Waals surface area contributed by atoms with Gasteiger partial charge in [-0.15, -0.1) is 0 Å². The predicted octanol–water partition coefficient (Wildman–Crippen LogP) is 3.15. The second-order valence-electron chi connectivity index (χ2n) is 5.59. The third-order valence-electron chi connectivity index (χ3n) is 3.56. The molecule has 0 unspecified atom stereocenters. The first-order chi connectivity index (χ1) is 13.1. The van der Waals surface area contributed by atoms with E-state index in [2.05, 4.69) is 5.32 Å². The maximum atomic E-state index is 12.1. The molecule has 0 aliphatic rings. The van der Waals surface area contributed by atoms with E-state index in [0.29, 0.717) is 25.5 Å². The van der Waals surface area contributed by atoms with Crippen LogP contribution in [0.1, 0.15) is 24.7 Å². The highest BCUT2D eigenvalue weighted by molar-refractivity contribution is 7.80. The minimum absolute atomic E-state index is 0.157. The third kappa shape index (κ3) is 7.45. The molecule has 1 aromatic heterocycles. The van der Waals surface area contributed by atoms with Gasteiger partial charge in [0.15, 0.2) is 5.11 Å². The summed E-state index contributed by atoms with van der Waals surface area (Å²) in [5.41, 5.74) is 0.910. The fourth-order valence-electron chi connectivity index (χ4n) is 2.26. The second kappa shape index (κ2) is 10.9. The van der Waals surface area contributed by atoms with E-state index in [-0.39, 0.29) is 23.4 Å². The summed E-state index contributed by atoms with van der Waals surface area (Å²) in [5.74, 6) is 0.0137. The first-order valence-corrected chi connectivity index (χ1v) is 9.00. The number of thiocarbonyl (C=S) groups is 1. The zero-order valence-electron chi connectivity index (χ0n) is 15.1. The molecule has 0 atom stereocenters. The number of nitrogens with zero attached hydrogens (tertiary/aromatic N) is 1. The smallest absolute Gasteiger partial charge is 0.307 e. The second-order valence-corrected chi connectivity index (χ2v) is 5.98. The van der Waals surface area contributed by atoms with Crippen molar-refractivity contribution >= 4 is 35.3 Å². The van der Waals surface area contributed by atoms with Crippen molar-refractivity contribution in [2.75, 3.05) is 13.2 Å². The van der Waals surface area contributed by atoms with Crippen molar-refractivity contribution in [1.82, 2.24) is 10.2 Å². The summed E-state index contributed by atoms with van der Waals surface area (Å²) >= 11 is 5.34. The average Bonchev–Trinajstić information content (AvgIpc) is 3.17. The van der Waals surface area contributed by atoms with Crippen LogP contribution in [0.25, 0.3) is 6.08 Å². The molecule has 27 heavy (non-hydrogen) atoms. The summed E-state index contributed by atoms with van der Waals surface area (Å²) in [6.45, 7) is 2.72. The van der Waals surface area contributed by atoms with E-state index < -0.39 is 0 Å². The fourth-order valence-corrected chi connectivity index (χ4v) is 2.52. The summed E-state index contributed by atoms with van der Waals surface area (Å²) in [6.07, 6.45) is 4.83. The van der Waals surface area contributed by atoms with Crippen LogP contribution in [-0.2, 0) is 20.9 Å². The largest absolute Gasteiger partial charge is 0.467 e. The molecule has 0 saturated heterocycles. The van der Waals surface area contributed by atoms with E-state index >= 15 is 0 Å². The molecular formula is C20H22N2O4S. The maximum absolute atomic E-state index is 12.1. The van der Waals surface area contributed by atoms with E-state index in [4.69, 9.17) is 21.4 Å². The molecule has 0 spiro atoms. The Bertz CT molecular complexity index is 773. The van der Waals surface area contributed by atoms with Crippen LogP contribution in [0.2, 0.25) is 0 Å². The Labute approximate surface area is 163 Å². The highest BCUT2D eigenvalue weighted by Gasteiger charge is 2.15. The Morgan fingerprint density at radius 3 is 2.67 bits per heavy atom. The van der Waals surface area contributed by atoms with Crippen molar-refractivity contribution in [3.8, 4) is 0 Å². The molecule has 0 saturated carbocycles. The first kappa shape index (κ1) is 20.4. The Morgan fingerprint density at radius 1 is 1.22 bits per heavy atom. The predicted molar refractivity (Wildman–Crippen MR) is 107 cm³/mol. The minimum atomic E-state index is -0.343. The highest BCUT2D eigenvalue weighted by atomic mass is 32.1. The van der Waals surface area contributed by atoms with Gasteiger partial charge in [0.25, 0.3) is 0 Å². The number of carbonyl (C=O) groups excluding carboxylic acids is 2. The van der Waals surface area contributed by atoms with Crippen LogP contribution >= 0.6 is 12.2 Å². The normalized spacial score (nSPS) is 10.6. The van der Waals surface area contributed by atoms with Crippen molar-refractivity contribution < 1.29 is 18.7 Å². The number of amides is 1. The Balaban J connectivity index is 1.95. The lowest BCUT2D eigenvalue weighted by atomic mass is 10.2. The number of benzene rings is 1. The third-order valence-corrected chi connectivity index (χ3v) is 3.92. The fraction of sp³-hybridized carbons (Fsp3) is 0.250. The summed E-state index contributed by atoms with van der Waals surface area (Å²) in [5, 5.41) is 2.88. The molecule has 0 radical (unpaired) electrons. The number of nitrogens with one attached hydrogen (secondary N) is 1. The molecule has 2 rings (SSSR count). The van der Waals surface area contributed by atoms with Crippen LogP contribution in [0.15, 0.2) is 59.2 Å². The summed E-state index contributed by atoms with van der Waals surface area (Å²) in [7, 11) is 0. The molecule has 0 fully saturated rings. The number of hydrogen-bond acceptors (Lipinski definition) is 5. The molecule has 2 aromatic rings. The molecule has 1 amide bonds. The van der Waals surface area contributed by atoms with Crippen LogP contribution in [0.4, 0.5) is 0 Å². The van der Waals surface area contributed by atoms with Gasteiger partial charge >= 0.3 is 5.97 Å². The Kier molecular flexibility index (Phi) is 8.25. The van der Waals surface area contributed by atoms with Gasteiger partial charge in [0.1, 0.15) is 5.76 Å². The van der Waals surface area contributed by atoms with Crippen LogP contribution in [0.3, 0.4) is 0 Å². The Hall–Kier alpha value is -2.93. The number of rotatable bonds is 8. The van der Waals surface area contributed by atoms with Gasteiger partial charge < -0.3 is 14.1 Å². The topological polar surface area (TPSA) is 71.8 Å². The number of furan rings is 1. The quantitative estimate of drug-likeness (QED) is 0.427. The van der Waals surface area contributed by atoms with Crippen molar-refractivity contribution in [1.29, 1.82) is 0 Å². The van der Waals surface area contributed by atoms with E-state index in [0.717, 1.165) is 5.56 Å². The monoisotopic (exact) mass is 386 g/mol. The molecule has 7 heteroatoms. The summed E-state index contributed by atoms with van der Waals surface area (Å²) in [6, 6.07) is 13.0. The van der Waals surface area contributed by atoms with Crippen molar-refractivity contribution in [2.45, 2.75) is 19.9 Å². The van der Waals surface area contributed by atoms with Crippen LogP contribution < -0.4 is 5.32 Å². The highest BCUT2D eigenvalue weighted by Crippen LogP contribution is 2.07. The van der Waals surface area contributed by atoms with Gasteiger partial charge in [0.2, 0.25) is 5.91 Å². The number of esters is 1. The Morgan fingerprint density at radius 2 is 2.00 bits per heavy atom. The van der Waals surface area contributed by atoms with Crippen molar-refractivity contribution in [3.05, 3.63) is 66.1 Å². The zero-order chi connectivity index (χ0) is 19.5. The lowest BCUT2D eigenvalue weighted by molar-refractivity contribution is -0.143. The first-order valence-electron chi connectivity index (χ1n) is 8.59. The van der Waals surface area contributed by atoms with Gasteiger partial charge in [-0.05, 0) is 42.9 Å². The lowest BCUT2D eigenvalue weighted by Gasteiger charge is -2.23. The summed E-state index contributed by atoms with van der Waals surface area (Å²) < 4.78 is 10.3. The molecule has 0 aliphatic heterocycles. The van der Waals surface area contributed by atoms with Crippen molar-refractivity contribution in [3.63, 3.8) is 0 Å². The SMILES string of the molecule is CCOC(=O)CCN(Cc1ccco1)C(=S)NC(=O)/C=C/c1ccccc1. The van der Waals surface area contributed by atoms with Crippen LogP contribution in [-0.4, -0.2) is 35.0 Å². The molecule has 1 N–H and O–H groups in total. The van der Waals surface area contributed by atoms with Gasteiger partial charge in [-0.2, -0.15) is 0 Å². The van der Waals surface area contributed by atoms with Gasteiger partial charge in [-0.1, -0.05) is 30.3 Å². The van der Waals surface area contributed by atoms with E-state index in [1.54, 1.807) is 36.3 Å². The van der Waals surface area contributed by atoms with Gasteiger partial charge in [0.05, 0.1) is 25.8 Å². The van der Waals surface area contributed by atoms with E-state index in [9.17, 15) is 9.59 Å². The maximum Gasteiger partial charge on any atom is 0.307 e. The van der Waals surface area contributed by atoms with E-state index in [1.165, 1.54) is 6.08 Å². The molecule has 0 bridgehead atoms. The summed E-state index contributed by atoms with van der Waals surface area (Å²) in [4.78, 5) is 25.5. The number of carbonyl (C=O) groups is 2. The molecule has 6 nitrogen and oxygen atoms in total. The van der Waals surface area contributed by atoms with Gasteiger partial charge in [-0.25, -0.2) is 0 Å².